The Morgan fingerprint density at radius 1 is 1.67 bits per heavy atom. The second-order valence-corrected chi connectivity index (χ2v) is 2.88. The molecule has 2 rings (SSSR count). The van der Waals surface area contributed by atoms with Gasteiger partial charge in [0.15, 0.2) is 6.17 Å². The zero-order valence-corrected chi connectivity index (χ0v) is 6.96. The summed E-state index contributed by atoms with van der Waals surface area (Å²) in [6.07, 6.45) is 1.46. The van der Waals surface area contributed by atoms with Crippen molar-refractivity contribution in [2.75, 3.05) is 7.05 Å². The number of nitrogens with zero attached hydrogens (tertiary/aromatic N) is 2. The SMILES string of the molecule is CC1=C2NC=NC2N(C)C(=O)N1. The lowest BCUT2D eigenvalue weighted by atomic mass is 10.2. The lowest BCUT2D eigenvalue weighted by molar-refractivity contribution is 0.196. The zero-order valence-electron chi connectivity index (χ0n) is 6.96. The first kappa shape index (κ1) is 7.15. The average Bonchev–Trinajstić information content (AvgIpc) is 2.48. The van der Waals surface area contributed by atoms with E-state index in [0.717, 1.165) is 11.4 Å². The van der Waals surface area contributed by atoms with Gasteiger partial charge in [-0.1, -0.05) is 0 Å². The zero-order chi connectivity index (χ0) is 8.72. The summed E-state index contributed by atoms with van der Waals surface area (Å²) in [7, 11) is 1.72. The van der Waals surface area contributed by atoms with Crippen LogP contribution in [0.2, 0.25) is 0 Å². The number of urea groups is 1. The maximum atomic E-state index is 11.2. The smallest absolute Gasteiger partial charge is 0.323 e. The van der Waals surface area contributed by atoms with Crippen molar-refractivity contribution in [1.29, 1.82) is 0 Å². The third kappa shape index (κ3) is 0.792. The lowest BCUT2D eigenvalue weighted by Crippen LogP contribution is -2.48. The van der Waals surface area contributed by atoms with Crippen molar-refractivity contribution in [3.63, 3.8) is 0 Å². The number of fused-ring (bicyclic) bond motifs is 1. The van der Waals surface area contributed by atoms with Gasteiger partial charge in [0.05, 0.1) is 12.0 Å². The quantitative estimate of drug-likeness (QED) is 0.525. The monoisotopic (exact) mass is 166 g/mol. The Balaban J connectivity index is 2.40. The maximum absolute atomic E-state index is 11.2. The van der Waals surface area contributed by atoms with Gasteiger partial charge in [-0.2, -0.15) is 0 Å². The van der Waals surface area contributed by atoms with Crippen molar-refractivity contribution in [2.45, 2.75) is 13.1 Å². The van der Waals surface area contributed by atoms with Gasteiger partial charge in [-0.15, -0.1) is 0 Å². The number of carbonyl (C=O) groups is 1. The van der Waals surface area contributed by atoms with Crippen molar-refractivity contribution in [3.8, 4) is 0 Å². The van der Waals surface area contributed by atoms with E-state index < -0.39 is 0 Å². The van der Waals surface area contributed by atoms with E-state index in [1.165, 1.54) is 0 Å². The van der Waals surface area contributed by atoms with Crippen molar-refractivity contribution in [3.05, 3.63) is 11.4 Å². The van der Waals surface area contributed by atoms with E-state index in [-0.39, 0.29) is 12.2 Å². The third-order valence-corrected chi connectivity index (χ3v) is 2.08. The molecule has 0 saturated heterocycles. The molecule has 2 amide bonds. The van der Waals surface area contributed by atoms with Gasteiger partial charge in [0.1, 0.15) is 0 Å². The second kappa shape index (κ2) is 2.23. The molecule has 0 aromatic heterocycles. The van der Waals surface area contributed by atoms with Crippen molar-refractivity contribution in [1.82, 2.24) is 15.5 Å². The van der Waals surface area contributed by atoms with Gasteiger partial charge in [-0.25, -0.2) is 9.79 Å². The van der Waals surface area contributed by atoms with Crippen LogP contribution in [0.25, 0.3) is 0 Å². The highest BCUT2D eigenvalue weighted by molar-refractivity contribution is 5.80. The lowest BCUT2D eigenvalue weighted by Gasteiger charge is -2.29. The number of rotatable bonds is 0. The fourth-order valence-corrected chi connectivity index (χ4v) is 1.35. The molecule has 2 heterocycles. The standard InChI is InChI=1S/C7H10N4O/c1-4-5-6(9-3-8-5)11(2)7(12)10-4/h3,6H,1-2H3,(H,8,9)(H,10,12). The molecule has 1 atom stereocenters. The van der Waals surface area contributed by atoms with E-state index in [1.54, 1.807) is 18.3 Å². The molecule has 0 bridgehead atoms. The van der Waals surface area contributed by atoms with Crippen LogP contribution in [0, 0.1) is 0 Å². The summed E-state index contributed by atoms with van der Waals surface area (Å²) in [5.41, 5.74) is 1.80. The molecular weight excluding hydrogens is 156 g/mol. The molecule has 0 aromatic rings. The summed E-state index contributed by atoms with van der Waals surface area (Å²) in [5, 5.41) is 5.72. The van der Waals surface area contributed by atoms with Gasteiger partial charge in [0, 0.05) is 12.7 Å². The molecule has 2 aliphatic heterocycles. The molecule has 5 nitrogen and oxygen atoms in total. The Morgan fingerprint density at radius 3 is 3.17 bits per heavy atom. The molecule has 0 aliphatic carbocycles. The van der Waals surface area contributed by atoms with E-state index >= 15 is 0 Å². The first-order valence-corrected chi connectivity index (χ1v) is 3.73. The predicted octanol–water partition coefficient (Wildman–Crippen LogP) is -0.169. The van der Waals surface area contributed by atoms with Crippen LogP contribution in [0.15, 0.2) is 16.4 Å². The normalized spacial score (nSPS) is 27.0. The average molecular weight is 166 g/mol. The molecular formula is C7H10N4O. The molecule has 1 unspecified atom stereocenters. The van der Waals surface area contributed by atoms with Crippen LogP contribution in [-0.2, 0) is 0 Å². The van der Waals surface area contributed by atoms with E-state index in [4.69, 9.17) is 0 Å². The Kier molecular flexibility index (Phi) is 1.33. The molecule has 64 valence electrons. The highest BCUT2D eigenvalue weighted by Crippen LogP contribution is 2.18. The molecule has 0 radical (unpaired) electrons. The molecule has 12 heavy (non-hydrogen) atoms. The van der Waals surface area contributed by atoms with E-state index in [2.05, 4.69) is 15.6 Å². The van der Waals surface area contributed by atoms with E-state index in [0.29, 0.717) is 0 Å². The first-order valence-electron chi connectivity index (χ1n) is 3.73. The molecule has 5 heteroatoms. The number of likely N-dealkylation sites (N-methyl/N-ethyl adjacent to an activating group) is 1. The first-order chi connectivity index (χ1) is 5.70. The van der Waals surface area contributed by atoms with Crippen LogP contribution in [0.3, 0.4) is 0 Å². The Hall–Kier alpha value is -1.52. The van der Waals surface area contributed by atoms with Crippen LogP contribution < -0.4 is 10.6 Å². The number of aliphatic imine (C=N–C) groups is 1. The van der Waals surface area contributed by atoms with E-state index in [9.17, 15) is 4.79 Å². The maximum Gasteiger partial charge on any atom is 0.323 e. The largest absolute Gasteiger partial charge is 0.345 e. The third-order valence-electron chi connectivity index (χ3n) is 2.08. The van der Waals surface area contributed by atoms with Crippen LogP contribution in [-0.4, -0.2) is 30.5 Å². The predicted molar refractivity (Wildman–Crippen MR) is 44.4 cm³/mol. The summed E-state index contributed by atoms with van der Waals surface area (Å²) in [6.45, 7) is 1.86. The highest BCUT2D eigenvalue weighted by atomic mass is 16.2. The Bertz CT molecular complexity index is 294. The van der Waals surface area contributed by atoms with Gasteiger partial charge in [-0.05, 0) is 6.92 Å². The number of carbonyl (C=O) groups excluding carboxylic acids is 1. The van der Waals surface area contributed by atoms with Crippen molar-refractivity contribution >= 4 is 12.4 Å². The van der Waals surface area contributed by atoms with Crippen LogP contribution in [0.1, 0.15) is 6.92 Å². The van der Waals surface area contributed by atoms with Gasteiger partial charge in [-0.3, -0.25) is 4.90 Å². The topological polar surface area (TPSA) is 56.7 Å². The summed E-state index contributed by atoms with van der Waals surface area (Å²) in [6, 6.07) is -0.109. The number of hydrogen-bond acceptors (Lipinski definition) is 3. The van der Waals surface area contributed by atoms with Gasteiger partial charge in [0.2, 0.25) is 0 Å². The molecule has 2 N–H and O–H groups in total. The number of amides is 2. The summed E-state index contributed by atoms with van der Waals surface area (Å²) in [5.74, 6) is 0. The molecule has 0 aromatic carbocycles. The van der Waals surface area contributed by atoms with E-state index in [1.807, 2.05) is 6.92 Å². The van der Waals surface area contributed by atoms with Crippen LogP contribution >= 0.6 is 0 Å². The minimum Gasteiger partial charge on any atom is -0.345 e. The number of nitrogens with one attached hydrogen (secondary N) is 2. The van der Waals surface area contributed by atoms with Gasteiger partial charge >= 0.3 is 6.03 Å². The number of hydrogen-bond donors (Lipinski definition) is 2. The fraction of sp³-hybridized carbons (Fsp3) is 0.429. The van der Waals surface area contributed by atoms with Crippen LogP contribution in [0.5, 0.6) is 0 Å². The van der Waals surface area contributed by atoms with Crippen molar-refractivity contribution in [2.24, 2.45) is 4.99 Å². The van der Waals surface area contributed by atoms with Gasteiger partial charge < -0.3 is 10.6 Å². The van der Waals surface area contributed by atoms with Crippen molar-refractivity contribution < 1.29 is 4.79 Å². The van der Waals surface area contributed by atoms with Gasteiger partial charge in [0.25, 0.3) is 0 Å². The van der Waals surface area contributed by atoms with Crippen LogP contribution in [0.4, 0.5) is 4.79 Å². The number of allylic oxidation sites excluding steroid dienone is 1. The Morgan fingerprint density at radius 2 is 2.42 bits per heavy atom. The summed E-state index contributed by atoms with van der Waals surface area (Å²) >= 11 is 0. The summed E-state index contributed by atoms with van der Waals surface area (Å²) < 4.78 is 0. The highest BCUT2D eigenvalue weighted by Gasteiger charge is 2.31. The molecule has 0 spiro atoms. The minimum atomic E-state index is -0.154. The second-order valence-electron chi connectivity index (χ2n) is 2.88. The molecule has 2 aliphatic rings. The fourth-order valence-electron chi connectivity index (χ4n) is 1.35. The summed E-state index contributed by atoms with van der Waals surface area (Å²) in [4.78, 5) is 16.9. The molecule has 0 fully saturated rings. The minimum absolute atomic E-state index is 0.109. The Labute approximate surface area is 70.1 Å². The molecule has 0 saturated carbocycles.